The van der Waals surface area contributed by atoms with Crippen LogP contribution in [0.2, 0.25) is 0 Å². The molecule has 3 rings (SSSR count). The second-order valence-electron chi connectivity index (χ2n) is 7.02. The van der Waals surface area contributed by atoms with Crippen molar-refractivity contribution in [3.63, 3.8) is 0 Å². The first-order valence-corrected chi connectivity index (χ1v) is 10.9. The number of hydrogen-bond donors (Lipinski definition) is 1. The molecule has 1 N–H and O–H groups in total. The van der Waals surface area contributed by atoms with Crippen molar-refractivity contribution in [3.8, 4) is 11.5 Å². The number of thiocarbonyl (C=S) groups is 1. The van der Waals surface area contributed by atoms with Crippen LogP contribution in [0.15, 0.2) is 47.4 Å². The lowest BCUT2D eigenvalue weighted by atomic mass is 10.1. The second-order valence-corrected chi connectivity index (χ2v) is 8.69. The summed E-state index contributed by atoms with van der Waals surface area (Å²) >= 11 is 6.49. The SMILES string of the molecule is COc1cc(C=C2SC(=S)N(CCCC(=O)O)C2=O)ccc1OCc1ccc(C)cc1. The van der Waals surface area contributed by atoms with Gasteiger partial charge in [0.15, 0.2) is 11.5 Å². The molecule has 0 aromatic heterocycles. The number of thioether (sulfide) groups is 1. The number of ether oxygens (including phenoxy) is 2. The summed E-state index contributed by atoms with van der Waals surface area (Å²) in [6, 6.07) is 13.6. The van der Waals surface area contributed by atoms with Crippen LogP contribution in [0.1, 0.15) is 29.5 Å². The third-order valence-electron chi connectivity index (χ3n) is 4.65. The number of nitrogens with zero attached hydrogens (tertiary/aromatic N) is 1. The van der Waals surface area contributed by atoms with E-state index in [1.165, 1.54) is 22.2 Å². The zero-order valence-corrected chi connectivity index (χ0v) is 18.9. The normalized spacial score (nSPS) is 14.9. The molecule has 0 saturated carbocycles. The van der Waals surface area contributed by atoms with Crippen molar-refractivity contribution in [2.45, 2.75) is 26.4 Å². The van der Waals surface area contributed by atoms with Gasteiger partial charge in [-0.15, -0.1) is 0 Å². The third-order valence-corrected chi connectivity index (χ3v) is 6.02. The fraction of sp³-hybridized carbons (Fsp3) is 0.261. The topological polar surface area (TPSA) is 76.1 Å². The van der Waals surface area contributed by atoms with Crippen molar-refractivity contribution < 1.29 is 24.2 Å². The molecular formula is C23H23NO5S2. The Bertz CT molecular complexity index is 1020. The lowest BCUT2D eigenvalue weighted by molar-refractivity contribution is -0.137. The standard InChI is InChI=1S/C23H23NO5S2/c1-15-5-7-16(8-6-15)14-29-18-10-9-17(12-19(18)28-2)13-20-22(27)24(23(30)31-20)11-3-4-21(25)26/h5-10,12-13H,3-4,11,14H2,1-2H3,(H,25,26). The maximum atomic E-state index is 12.6. The molecule has 1 fully saturated rings. The quantitative estimate of drug-likeness (QED) is 0.434. The van der Waals surface area contributed by atoms with Crippen molar-refractivity contribution in [3.05, 3.63) is 64.1 Å². The van der Waals surface area contributed by atoms with Crippen LogP contribution in [0.4, 0.5) is 0 Å². The number of hydrogen-bond acceptors (Lipinski definition) is 6. The van der Waals surface area contributed by atoms with Crippen LogP contribution in [-0.4, -0.2) is 39.9 Å². The Hall–Kier alpha value is -2.84. The summed E-state index contributed by atoms with van der Waals surface area (Å²) in [7, 11) is 1.57. The zero-order valence-electron chi connectivity index (χ0n) is 17.3. The van der Waals surface area contributed by atoms with E-state index in [4.69, 9.17) is 26.8 Å². The Balaban J connectivity index is 1.69. The van der Waals surface area contributed by atoms with Crippen LogP contribution in [0.25, 0.3) is 6.08 Å². The highest BCUT2D eigenvalue weighted by Crippen LogP contribution is 2.35. The molecule has 1 aliphatic heterocycles. The van der Waals surface area contributed by atoms with E-state index in [9.17, 15) is 9.59 Å². The molecule has 31 heavy (non-hydrogen) atoms. The molecule has 0 atom stereocenters. The van der Waals surface area contributed by atoms with Gasteiger partial charge in [-0.1, -0.05) is 59.9 Å². The van der Waals surface area contributed by atoms with Crippen LogP contribution < -0.4 is 9.47 Å². The summed E-state index contributed by atoms with van der Waals surface area (Å²) in [5.41, 5.74) is 3.03. The van der Waals surface area contributed by atoms with Gasteiger partial charge in [-0.05, 0) is 42.7 Å². The predicted octanol–water partition coefficient (Wildman–Crippen LogP) is 4.65. The Morgan fingerprint density at radius 3 is 2.61 bits per heavy atom. The Kier molecular flexibility index (Phi) is 7.70. The van der Waals surface area contributed by atoms with Gasteiger partial charge in [0.2, 0.25) is 0 Å². The zero-order chi connectivity index (χ0) is 22.4. The van der Waals surface area contributed by atoms with Crippen molar-refractivity contribution in [2.75, 3.05) is 13.7 Å². The fourth-order valence-electron chi connectivity index (χ4n) is 2.97. The molecule has 2 aromatic rings. The molecular weight excluding hydrogens is 434 g/mol. The van der Waals surface area contributed by atoms with E-state index in [0.717, 1.165) is 11.1 Å². The van der Waals surface area contributed by atoms with E-state index in [1.54, 1.807) is 19.3 Å². The average molecular weight is 458 g/mol. The number of aryl methyl sites for hydroxylation is 1. The van der Waals surface area contributed by atoms with E-state index in [0.29, 0.717) is 40.3 Å². The van der Waals surface area contributed by atoms with Crippen LogP contribution in [-0.2, 0) is 16.2 Å². The van der Waals surface area contributed by atoms with Gasteiger partial charge in [0, 0.05) is 13.0 Å². The number of benzene rings is 2. The molecule has 0 spiro atoms. The third kappa shape index (κ3) is 6.08. The summed E-state index contributed by atoms with van der Waals surface area (Å²) in [5.74, 6) is 0.0797. The molecule has 6 nitrogen and oxygen atoms in total. The van der Waals surface area contributed by atoms with E-state index in [1.807, 2.05) is 43.3 Å². The maximum Gasteiger partial charge on any atom is 0.303 e. The predicted molar refractivity (Wildman–Crippen MR) is 125 cm³/mol. The van der Waals surface area contributed by atoms with Crippen LogP contribution in [0.3, 0.4) is 0 Å². The van der Waals surface area contributed by atoms with Gasteiger partial charge in [0.05, 0.1) is 12.0 Å². The fourth-order valence-corrected chi connectivity index (χ4v) is 4.28. The van der Waals surface area contributed by atoms with Gasteiger partial charge in [-0.3, -0.25) is 14.5 Å². The van der Waals surface area contributed by atoms with Crippen LogP contribution >= 0.6 is 24.0 Å². The van der Waals surface area contributed by atoms with E-state index in [2.05, 4.69) is 0 Å². The van der Waals surface area contributed by atoms with Gasteiger partial charge in [-0.25, -0.2) is 0 Å². The number of rotatable bonds is 9. The van der Waals surface area contributed by atoms with Crippen molar-refractivity contribution in [1.29, 1.82) is 0 Å². The lowest BCUT2D eigenvalue weighted by Gasteiger charge is -2.13. The van der Waals surface area contributed by atoms with Crippen molar-refractivity contribution >= 4 is 46.3 Å². The number of methoxy groups -OCH3 is 1. The largest absolute Gasteiger partial charge is 0.493 e. The highest BCUT2D eigenvalue weighted by molar-refractivity contribution is 8.26. The van der Waals surface area contributed by atoms with Crippen molar-refractivity contribution in [1.82, 2.24) is 4.90 Å². The number of carbonyl (C=O) groups excluding carboxylic acids is 1. The monoisotopic (exact) mass is 457 g/mol. The van der Waals surface area contributed by atoms with E-state index >= 15 is 0 Å². The van der Waals surface area contributed by atoms with Crippen LogP contribution in [0.5, 0.6) is 11.5 Å². The molecule has 1 aliphatic rings. The summed E-state index contributed by atoms with van der Waals surface area (Å²) < 4.78 is 11.8. The summed E-state index contributed by atoms with van der Waals surface area (Å²) in [6.45, 7) is 2.75. The van der Waals surface area contributed by atoms with Crippen LogP contribution in [0, 0.1) is 6.92 Å². The van der Waals surface area contributed by atoms with E-state index in [-0.39, 0.29) is 12.3 Å². The van der Waals surface area contributed by atoms with Gasteiger partial charge < -0.3 is 14.6 Å². The first-order valence-electron chi connectivity index (χ1n) is 9.71. The maximum absolute atomic E-state index is 12.6. The lowest BCUT2D eigenvalue weighted by Crippen LogP contribution is -2.29. The minimum atomic E-state index is -0.891. The Morgan fingerprint density at radius 1 is 1.19 bits per heavy atom. The summed E-state index contributed by atoms with van der Waals surface area (Å²) in [4.78, 5) is 25.3. The smallest absolute Gasteiger partial charge is 0.303 e. The molecule has 8 heteroatoms. The van der Waals surface area contributed by atoms with Crippen molar-refractivity contribution in [2.24, 2.45) is 0 Å². The molecule has 2 aromatic carbocycles. The van der Waals surface area contributed by atoms with E-state index < -0.39 is 5.97 Å². The Labute approximate surface area is 190 Å². The first kappa shape index (κ1) is 22.8. The van der Waals surface area contributed by atoms with Gasteiger partial charge in [-0.2, -0.15) is 0 Å². The number of amides is 1. The molecule has 0 aliphatic carbocycles. The molecule has 0 radical (unpaired) electrons. The first-order chi connectivity index (χ1) is 14.9. The summed E-state index contributed by atoms with van der Waals surface area (Å²) in [6.07, 6.45) is 2.11. The number of carbonyl (C=O) groups is 2. The number of carboxylic acid groups (broad SMARTS) is 1. The number of carboxylic acids is 1. The van der Waals surface area contributed by atoms with Gasteiger partial charge in [0.25, 0.3) is 5.91 Å². The molecule has 1 saturated heterocycles. The van der Waals surface area contributed by atoms with Gasteiger partial charge >= 0.3 is 5.97 Å². The van der Waals surface area contributed by atoms with Gasteiger partial charge in [0.1, 0.15) is 10.9 Å². The molecule has 0 bridgehead atoms. The second kappa shape index (κ2) is 10.5. The molecule has 162 valence electrons. The molecule has 1 heterocycles. The molecule has 1 amide bonds. The molecule has 0 unspecified atom stereocenters. The minimum absolute atomic E-state index is 0.00262. The highest BCUT2D eigenvalue weighted by Gasteiger charge is 2.31. The Morgan fingerprint density at radius 2 is 1.94 bits per heavy atom. The highest BCUT2D eigenvalue weighted by atomic mass is 32.2. The summed E-state index contributed by atoms with van der Waals surface area (Å²) in [5, 5.41) is 8.78. The minimum Gasteiger partial charge on any atom is -0.493 e. The number of aliphatic carboxylic acids is 1. The average Bonchev–Trinajstić information content (AvgIpc) is 3.01.